The Morgan fingerprint density at radius 2 is 1.71 bits per heavy atom. The molecule has 174 valence electrons. The Kier molecular flexibility index (Phi) is 8.51. The van der Waals surface area contributed by atoms with Gasteiger partial charge in [-0.05, 0) is 60.4 Å². The number of carbonyl (C=O) groups is 3. The van der Waals surface area contributed by atoms with E-state index in [4.69, 9.17) is 4.74 Å². The maximum absolute atomic E-state index is 12.1. The van der Waals surface area contributed by atoms with E-state index in [1.54, 1.807) is 42.5 Å². The Bertz CT molecular complexity index is 1210. The smallest absolute Gasteiger partial charge is 0.329 e. The number of hydrogen-bond acceptors (Lipinski definition) is 5. The summed E-state index contributed by atoms with van der Waals surface area (Å²) in [5, 5.41) is 9.18. The van der Waals surface area contributed by atoms with E-state index in [-0.39, 0.29) is 12.5 Å². The minimum absolute atomic E-state index is 0.162. The molecule has 0 aliphatic carbocycles. The third-order valence-electron chi connectivity index (χ3n) is 4.76. The molecule has 0 spiro atoms. The quantitative estimate of drug-likeness (QED) is 0.272. The van der Waals surface area contributed by atoms with Crippen molar-refractivity contribution >= 4 is 35.3 Å². The zero-order chi connectivity index (χ0) is 24.3. The minimum atomic E-state index is -0.887. The number of amides is 3. The average Bonchev–Trinajstić information content (AvgIpc) is 2.83. The predicted octanol–water partition coefficient (Wildman–Crippen LogP) is 3.66. The largest absolute Gasteiger partial charge is 0.484 e. The fraction of sp³-hybridized carbons (Fsp3) is 0.154. The molecule has 3 N–H and O–H groups in total. The van der Waals surface area contributed by atoms with Crippen molar-refractivity contribution in [1.29, 1.82) is 0 Å². The van der Waals surface area contributed by atoms with Gasteiger partial charge in [0.15, 0.2) is 6.61 Å². The third kappa shape index (κ3) is 7.30. The third-order valence-corrected chi connectivity index (χ3v) is 4.76. The second-order valence-electron chi connectivity index (χ2n) is 7.44. The molecule has 0 aliphatic heterocycles. The number of carbonyl (C=O) groups excluding carboxylic acids is 3. The molecule has 8 heteroatoms. The van der Waals surface area contributed by atoms with E-state index in [1.807, 2.05) is 44.2 Å². The Hall–Kier alpha value is -4.46. The molecule has 0 radical (unpaired) electrons. The summed E-state index contributed by atoms with van der Waals surface area (Å²) in [5.41, 5.74) is 6.08. The summed E-state index contributed by atoms with van der Waals surface area (Å²) in [6.07, 6.45) is 2.10. The van der Waals surface area contributed by atoms with Crippen molar-refractivity contribution in [3.05, 3.63) is 89.5 Å². The lowest BCUT2D eigenvalue weighted by Gasteiger charge is -2.09. The SMILES string of the molecule is CCc1ccccc1NC(=O)C(=O)N/N=C\c1cccc(OCC(=O)Nc2cccc(C)c2)c1. The van der Waals surface area contributed by atoms with E-state index in [0.717, 1.165) is 17.5 Å². The molecule has 0 saturated carbocycles. The summed E-state index contributed by atoms with van der Waals surface area (Å²) in [7, 11) is 0. The molecule has 3 aromatic carbocycles. The molecule has 0 aliphatic rings. The van der Waals surface area contributed by atoms with Crippen LogP contribution in [0.25, 0.3) is 0 Å². The molecule has 0 fully saturated rings. The van der Waals surface area contributed by atoms with Crippen molar-refractivity contribution in [3.63, 3.8) is 0 Å². The summed E-state index contributed by atoms with van der Waals surface area (Å²) < 4.78 is 5.54. The zero-order valence-corrected chi connectivity index (χ0v) is 19.0. The summed E-state index contributed by atoms with van der Waals surface area (Å²) in [6.45, 7) is 3.74. The van der Waals surface area contributed by atoms with Gasteiger partial charge in [-0.25, -0.2) is 5.43 Å². The first-order chi connectivity index (χ1) is 16.4. The first kappa shape index (κ1) is 24.2. The lowest BCUT2D eigenvalue weighted by Crippen LogP contribution is -2.32. The van der Waals surface area contributed by atoms with Crippen molar-refractivity contribution in [2.75, 3.05) is 17.2 Å². The van der Waals surface area contributed by atoms with Crippen LogP contribution in [-0.2, 0) is 20.8 Å². The van der Waals surface area contributed by atoms with E-state index in [0.29, 0.717) is 22.7 Å². The first-order valence-corrected chi connectivity index (χ1v) is 10.8. The number of nitrogens with zero attached hydrogens (tertiary/aromatic N) is 1. The van der Waals surface area contributed by atoms with Crippen LogP contribution in [0.5, 0.6) is 5.75 Å². The molecular formula is C26H26N4O4. The molecule has 0 saturated heterocycles. The number of nitrogens with one attached hydrogen (secondary N) is 3. The van der Waals surface area contributed by atoms with Crippen LogP contribution in [0.2, 0.25) is 0 Å². The lowest BCUT2D eigenvalue weighted by atomic mass is 10.1. The molecule has 3 rings (SSSR count). The highest BCUT2D eigenvalue weighted by Crippen LogP contribution is 2.15. The highest BCUT2D eigenvalue weighted by molar-refractivity contribution is 6.39. The highest BCUT2D eigenvalue weighted by Gasteiger charge is 2.14. The summed E-state index contributed by atoms with van der Waals surface area (Å²) in [4.78, 5) is 36.3. The summed E-state index contributed by atoms with van der Waals surface area (Å²) in [6, 6.07) is 21.6. The van der Waals surface area contributed by atoms with Crippen LogP contribution in [-0.4, -0.2) is 30.5 Å². The fourth-order valence-corrected chi connectivity index (χ4v) is 3.10. The zero-order valence-electron chi connectivity index (χ0n) is 19.0. The van der Waals surface area contributed by atoms with Gasteiger partial charge in [-0.2, -0.15) is 5.10 Å². The first-order valence-electron chi connectivity index (χ1n) is 10.8. The number of anilines is 2. The number of hydrogen-bond donors (Lipinski definition) is 3. The van der Waals surface area contributed by atoms with E-state index in [2.05, 4.69) is 21.2 Å². The molecule has 0 unspecified atom stereocenters. The Morgan fingerprint density at radius 1 is 0.912 bits per heavy atom. The standard InChI is InChI=1S/C26H26N4O4/c1-3-20-10-4-5-13-23(20)29-25(32)26(33)30-27-16-19-9-7-12-22(15-19)34-17-24(31)28-21-11-6-8-18(2)14-21/h4-16H,3,17H2,1-2H3,(H,28,31)(H,29,32)(H,30,33)/b27-16-. The van der Waals surface area contributed by atoms with Crippen molar-refractivity contribution in [3.8, 4) is 5.75 Å². The van der Waals surface area contributed by atoms with Crippen LogP contribution in [0.15, 0.2) is 77.9 Å². The van der Waals surface area contributed by atoms with Gasteiger partial charge in [-0.1, -0.05) is 49.4 Å². The van der Waals surface area contributed by atoms with Crippen LogP contribution >= 0.6 is 0 Å². The van der Waals surface area contributed by atoms with Gasteiger partial charge in [0.25, 0.3) is 5.91 Å². The summed E-state index contributed by atoms with van der Waals surface area (Å²) >= 11 is 0. The lowest BCUT2D eigenvalue weighted by molar-refractivity contribution is -0.136. The van der Waals surface area contributed by atoms with Gasteiger partial charge in [0, 0.05) is 11.4 Å². The normalized spacial score (nSPS) is 10.5. The van der Waals surface area contributed by atoms with E-state index in [9.17, 15) is 14.4 Å². The van der Waals surface area contributed by atoms with Crippen LogP contribution < -0.4 is 20.8 Å². The van der Waals surface area contributed by atoms with Crippen molar-refractivity contribution in [2.24, 2.45) is 5.10 Å². The number of benzene rings is 3. The Labute approximate surface area is 198 Å². The van der Waals surface area contributed by atoms with Gasteiger partial charge in [-0.15, -0.1) is 0 Å². The van der Waals surface area contributed by atoms with Gasteiger partial charge in [0.05, 0.1) is 6.21 Å². The highest BCUT2D eigenvalue weighted by atomic mass is 16.5. The topological polar surface area (TPSA) is 109 Å². The molecule has 0 heterocycles. The summed E-state index contributed by atoms with van der Waals surface area (Å²) in [5.74, 6) is -1.52. The van der Waals surface area contributed by atoms with Crippen LogP contribution in [0.4, 0.5) is 11.4 Å². The maximum atomic E-state index is 12.1. The van der Waals surface area contributed by atoms with Gasteiger partial charge in [-0.3, -0.25) is 14.4 Å². The minimum Gasteiger partial charge on any atom is -0.484 e. The fourth-order valence-electron chi connectivity index (χ4n) is 3.10. The Morgan fingerprint density at radius 3 is 2.50 bits per heavy atom. The number of para-hydroxylation sites is 1. The van der Waals surface area contributed by atoms with Gasteiger partial charge < -0.3 is 15.4 Å². The van der Waals surface area contributed by atoms with Crippen molar-refractivity contribution in [1.82, 2.24) is 5.43 Å². The Balaban J connectivity index is 1.49. The van der Waals surface area contributed by atoms with E-state index < -0.39 is 11.8 Å². The predicted molar refractivity (Wildman–Crippen MR) is 132 cm³/mol. The molecule has 0 aromatic heterocycles. The molecule has 34 heavy (non-hydrogen) atoms. The van der Waals surface area contributed by atoms with E-state index in [1.165, 1.54) is 6.21 Å². The number of rotatable bonds is 8. The van der Waals surface area contributed by atoms with Gasteiger partial charge in [0.1, 0.15) is 5.75 Å². The molecular weight excluding hydrogens is 432 g/mol. The number of hydrazone groups is 1. The van der Waals surface area contributed by atoms with Crippen LogP contribution in [0.3, 0.4) is 0 Å². The number of aryl methyl sites for hydroxylation is 2. The molecule has 3 aromatic rings. The molecule has 8 nitrogen and oxygen atoms in total. The van der Waals surface area contributed by atoms with Gasteiger partial charge >= 0.3 is 11.8 Å². The van der Waals surface area contributed by atoms with Crippen LogP contribution in [0.1, 0.15) is 23.6 Å². The molecule has 3 amide bonds. The van der Waals surface area contributed by atoms with Gasteiger partial charge in [0.2, 0.25) is 0 Å². The second-order valence-corrected chi connectivity index (χ2v) is 7.44. The van der Waals surface area contributed by atoms with E-state index >= 15 is 0 Å². The maximum Gasteiger partial charge on any atom is 0.329 e. The monoisotopic (exact) mass is 458 g/mol. The number of ether oxygens (including phenoxy) is 1. The van der Waals surface area contributed by atoms with Crippen molar-refractivity contribution in [2.45, 2.75) is 20.3 Å². The molecule has 0 atom stereocenters. The molecule has 0 bridgehead atoms. The average molecular weight is 459 g/mol. The van der Waals surface area contributed by atoms with Crippen LogP contribution in [0, 0.1) is 6.92 Å². The van der Waals surface area contributed by atoms with Crippen molar-refractivity contribution < 1.29 is 19.1 Å². The second kappa shape index (κ2) is 12.0.